The molecule has 4 heteroatoms. The van der Waals surface area contributed by atoms with Gasteiger partial charge in [0.2, 0.25) is 0 Å². The fraction of sp³-hybridized carbons (Fsp3) is 0.692. The van der Waals surface area contributed by atoms with Crippen molar-refractivity contribution in [1.29, 1.82) is 0 Å². The van der Waals surface area contributed by atoms with Crippen LogP contribution in [0.15, 0.2) is 12.2 Å². The van der Waals surface area contributed by atoms with Gasteiger partial charge < -0.3 is 9.47 Å². The molecule has 0 aromatic rings. The molecule has 0 aliphatic carbocycles. The molecule has 0 saturated carbocycles. The van der Waals surface area contributed by atoms with Crippen LogP contribution in [0.5, 0.6) is 0 Å². The summed E-state index contributed by atoms with van der Waals surface area (Å²) in [6, 6.07) is 0. The van der Waals surface area contributed by atoms with Gasteiger partial charge in [0.15, 0.2) is 5.41 Å². The van der Waals surface area contributed by atoms with E-state index in [0.29, 0.717) is 6.42 Å². The maximum Gasteiger partial charge on any atom is 0.327 e. The van der Waals surface area contributed by atoms with E-state index in [4.69, 9.17) is 9.47 Å². The van der Waals surface area contributed by atoms with Crippen molar-refractivity contribution < 1.29 is 19.1 Å². The Hall–Kier alpha value is -1.32. The van der Waals surface area contributed by atoms with E-state index in [9.17, 15) is 9.59 Å². The Morgan fingerprint density at radius 1 is 1.00 bits per heavy atom. The Morgan fingerprint density at radius 2 is 1.47 bits per heavy atom. The Morgan fingerprint density at radius 3 is 1.76 bits per heavy atom. The molecule has 0 fully saturated rings. The molecule has 0 radical (unpaired) electrons. The van der Waals surface area contributed by atoms with Crippen molar-refractivity contribution in [1.82, 2.24) is 0 Å². The average Bonchev–Trinajstić information content (AvgIpc) is 2.31. The van der Waals surface area contributed by atoms with Gasteiger partial charge in [-0.25, -0.2) is 0 Å². The van der Waals surface area contributed by atoms with Crippen molar-refractivity contribution in [2.45, 2.75) is 40.5 Å². The molecule has 0 N–H and O–H groups in total. The number of esters is 2. The summed E-state index contributed by atoms with van der Waals surface area (Å²) in [5.74, 6) is -1.07. The number of allylic oxidation sites excluding steroid dienone is 1. The summed E-state index contributed by atoms with van der Waals surface area (Å²) < 4.78 is 9.94. The Bertz CT molecular complexity index is 263. The molecule has 0 saturated heterocycles. The minimum atomic E-state index is -1.29. The molecule has 4 nitrogen and oxygen atoms in total. The highest BCUT2D eigenvalue weighted by Gasteiger charge is 2.44. The van der Waals surface area contributed by atoms with Crippen LogP contribution >= 0.6 is 0 Å². The van der Waals surface area contributed by atoms with E-state index in [1.807, 2.05) is 6.92 Å². The van der Waals surface area contributed by atoms with Gasteiger partial charge in [0.05, 0.1) is 13.2 Å². The molecule has 0 rings (SSSR count). The number of hydrogen-bond acceptors (Lipinski definition) is 4. The second-order valence-corrected chi connectivity index (χ2v) is 3.58. The predicted molar refractivity (Wildman–Crippen MR) is 65.4 cm³/mol. The lowest BCUT2D eigenvalue weighted by Gasteiger charge is -2.24. The third kappa shape index (κ3) is 3.88. The molecule has 0 spiro atoms. The first kappa shape index (κ1) is 15.7. The third-order valence-electron chi connectivity index (χ3n) is 2.48. The van der Waals surface area contributed by atoms with E-state index >= 15 is 0 Å². The highest BCUT2D eigenvalue weighted by Crippen LogP contribution is 2.28. The molecule has 17 heavy (non-hydrogen) atoms. The summed E-state index contributed by atoms with van der Waals surface area (Å²) in [4.78, 5) is 23.9. The van der Waals surface area contributed by atoms with E-state index in [1.54, 1.807) is 32.9 Å². The van der Waals surface area contributed by atoms with E-state index in [-0.39, 0.29) is 13.2 Å². The maximum absolute atomic E-state index is 11.9. The van der Waals surface area contributed by atoms with E-state index in [1.165, 1.54) is 0 Å². The van der Waals surface area contributed by atoms with Gasteiger partial charge in [0, 0.05) is 0 Å². The minimum absolute atomic E-state index is 0.250. The van der Waals surface area contributed by atoms with Gasteiger partial charge >= 0.3 is 11.9 Å². The van der Waals surface area contributed by atoms with Crippen molar-refractivity contribution in [2.75, 3.05) is 13.2 Å². The maximum atomic E-state index is 11.9. The molecule has 0 unspecified atom stereocenters. The van der Waals surface area contributed by atoms with Gasteiger partial charge in [-0.1, -0.05) is 26.0 Å². The van der Waals surface area contributed by atoms with Gasteiger partial charge in [-0.2, -0.15) is 0 Å². The first-order valence-corrected chi connectivity index (χ1v) is 6.11. The summed E-state index contributed by atoms with van der Waals surface area (Å²) in [6.45, 7) is 7.64. The molecule has 0 bridgehead atoms. The predicted octanol–water partition coefficient (Wildman–Crippen LogP) is 2.48. The zero-order valence-electron chi connectivity index (χ0n) is 11.1. The number of carbonyl (C=O) groups excluding carboxylic acids is 2. The second-order valence-electron chi connectivity index (χ2n) is 3.58. The van der Waals surface area contributed by atoms with Gasteiger partial charge in [-0.05, 0) is 26.7 Å². The van der Waals surface area contributed by atoms with Gasteiger partial charge in [0.25, 0.3) is 0 Å². The van der Waals surface area contributed by atoms with Crippen molar-refractivity contribution in [2.24, 2.45) is 5.41 Å². The quantitative estimate of drug-likeness (QED) is 0.391. The number of hydrogen-bond donors (Lipinski definition) is 0. The normalized spacial score (nSPS) is 11.5. The fourth-order valence-electron chi connectivity index (χ4n) is 1.46. The van der Waals surface area contributed by atoms with Crippen LogP contribution in [0.1, 0.15) is 40.5 Å². The number of carbonyl (C=O) groups is 2. The lowest BCUT2D eigenvalue weighted by atomic mass is 9.84. The van der Waals surface area contributed by atoms with Crippen LogP contribution in [0, 0.1) is 5.41 Å². The minimum Gasteiger partial charge on any atom is -0.465 e. The molecule has 0 aromatic carbocycles. The highest BCUT2D eigenvalue weighted by atomic mass is 16.6. The lowest BCUT2D eigenvalue weighted by molar-refractivity contribution is -0.168. The topological polar surface area (TPSA) is 52.6 Å². The first-order valence-electron chi connectivity index (χ1n) is 6.11. The largest absolute Gasteiger partial charge is 0.465 e. The lowest BCUT2D eigenvalue weighted by Crippen LogP contribution is -2.40. The van der Waals surface area contributed by atoms with Crippen molar-refractivity contribution in [3.8, 4) is 0 Å². The average molecular weight is 242 g/mol. The van der Waals surface area contributed by atoms with Crippen LogP contribution in [0.2, 0.25) is 0 Å². The smallest absolute Gasteiger partial charge is 0.327 e. The molecule has 0 heterocycles. The number of rotatable bonds is 7. The summed E-state index contributed by atoms with van der Waals surface area (Å²) in [6.07, 6.45) is 4.47. The van der Waals surface area contributed by atoms with E-state index in [2.05, 4.69) is 0 Å². The van der Waals surface area contributed by atoms with Crippen LogP contribution in [-0.2, 0) is 19.1 Å². The van der Waals surface area contributed by atoms with Crippen LogP contribution in [-0.4, -0.2) is 25.2 Å². The van der Waals surface area contributed by atoms with Gasteiger partial charge in [-0.3, -0.25) is 9.59 Å². The summed E-state index contributed by atoms with van der Waals surface area (Å²) in [5, 5.41) is 0. The fourth-order valence-corrected chi connectivity index (χ4v) is 1.46. The Balaban J connectivity index is 5.20. The zero-order valence-corrected chi connectivity index (χ0v) is 11.1. The van der Waals surface area contributed by atoms with Crippen molar-refractivity contribution in [3.63, 3.8) is 0 Å². The van der Waals surface area contributed by atoms with Gasteiger partial charge in [0.1, 0.15) is 0 Å². The highest BCUT2D eigenvalue weighted by molar-refractivity contribution is 6.02. The number of ether oxygens (including phenoxy) is 2. The first-order chi connectivity index (χ1) is 8.08. The van der Waals surface area contributed by atoms with Crippen LogP contribution < -0.4 is 0 Å². The second kappa shape index (κ2) is 7.87. The Kier molecular flexibility index (Phi) is 7.26. The standard InChI is InChI=1S/C13H22O4/c1-5-9-10-13(6-2,11(14)16-7-3)12(15)17-8-4/h9-10H,5-8H2,1-4H3/b10-9-. The molecule has 0 aromatic heterocycles. The Labute approximate surface area is 103 Å². The van der Waals surface area contributed by atoms with E-state index < -0.39 is 17.4 Å². The molecule has 0 atom stereocenters. The summed E-state index contributed by atoms with van der Waals surface area (Å²) in [7, 11) is 0. The zero-order chi connectivity index (χ0) is 13.3. The molecular weight excluding hydrogens is 220 g/mol. The molecule has 0 amide bonds. The SMILES string of the molecule is CC/C=C\C(CC)(C(=O)OCC)C(=O)OCC. The van der Waals surface area contributed by atoms with Gasteiger partial charge in [-0.15, -0.1) is 0 Å². The van der Waals surface area contributed by atoms with Crippen LogP contribution in [0.4, 0.5) is 0 Å². The molecule has 0 aliphatic rings. The summed E-state index contributed by atoms with van der Waals surface area (Å²) >= 11 is 0. The van der Waals surface area contributed by atoms with Crippen molar-refractivity contribution >= 4 is 11.9 Å². The molecule has 98 valence electrons. The molecule has 0 aliphatic heterocycles. The van der Waals surface area contributed by atoms with Crippen LogP contribution in [0.3, 0.4) is 0 Å². The summed E-state index contributed by atoms with van der Waals surface area (Å²) in [5.41, 5.74) is -1.29. The van der Waals surface area contributed by atoms with E-state index in [0.717, 1.165) is 6.42 Å². The van der Waals surface area contributed by atoms with Crippen LogP contribution in [0.25, 0.3) is 0 Å². The molecular formula is C13H22O4. The third-order valence-corrected chi connectivity index (χ3v) is 2.48. The monoisotopic (exact) mass is 242 g/mol. The van der Waals surface area contributed by atoms with Crippen molar-refractivity contribution in [3.05, 3.63) is 12.2 Å².